The predicted octanol–water partition coefficient (Wildman–Crippen LogP) is 3.04. The number of hydrogen-bond acceptors (Lipinski definition) is 5. The Hall–Kier alpha value is -1.81. The number of carbonyl (C=O) groups is 1. The number of benzene rings is 2. The SMILES string of the molecule is CC(NC(=O)CN(c1cc(Cl)cc(Cl)c1)S(C)(=O)=O)c1ccc(S(C)(=O)=O)cc1. The Kier molecular flexibility index (Phi) is 7.21. The van der Waals surface area contributed by atoms with Crippen LogP contribution in [-0.4, -0.2) is 41.8 Å². The van der Waals surface area contributed by atoms with Gasteiger partial charge in [-0.25, -0.2) is 16.8 Å². The van der Waals surface area contributed by atoms with Crippen LogP contribution in [0.3, 0.4) is 0 Å². The van der Waals surface area contributed by atoms with Gasteiger partial charge in [0.1, 0.15) is 6.54 Å². The fourth-order valence-corrected chi connectivity index (χ4v) is 4.57. The maximum absolute atomic E-state index is 12.5. The van der Waals surface area contributed by atoms with E-state index in [1.807, 2.05) is 0 Å². The minimum atomic E-state index is -3.78. The second-order valence-electron chi connectivity index (χ2n) is 6.53. The Morgan fingerprint density at radius 3 is 1.97 bits per heavy atom. The highest BCUT2D eigenvalue weighted by molar-refractivity contribution is 7.92. The number of rotatable bonds is 7. The second-order valence-corrected chi connectivity index (χ2v) is 11.3. The summed E-state index contributed by atoms with van der Waals surface area (Å²) in [5.41, 5.74) is 0.841. The first-order chi connectivity index (χ1) is 13.3. The number of nitrogens with one attached hydrogen (secondary N) is 1. The molecule has 1 N–H and O–H groups in total. The molecule has 11 heteroatoms. The van der Waals surface area contributed by atoms with Crippen LogP contribution in [0.5, 0.6) is 0 Å². The molecule has 0 radical (unpaired) electrons. The van der Waals surface area contributed by atoms with Gasteiger partial charge in [0.25, 0.3) is 0 Å². The molecule has 1 amide bonds. The Morgan fingerprint density at radius 2 is 1.52 bits per heavy atom. The molecule has 0 bridgehead atoms. The van der Waals surface area contributed by atoms with Crippen molar-refractivity contribution in [3.05, 3.63) is 58.1 Å². The van der Waals surface area contributed by atoms with Gasteiger partial charge in [0, 0.05) is 16.3 Å². The molecule has 1 unspecified atom stereocenters. The van der Waals surface area contributed by atoms with Gasteiger partial charge in [0.15, 0.2) is 9.84 Å². The van der Waals surface area contributed by atoms with E-state index in [1.165, 1.54) is 30.3 Å². The highest BCUT2D eigenvalue weighted by Crippen LogP contribution is 2.27. The average molecular weight is 479 g/mol. The zero-order valence-corrected chi connectivity index (χ0v) is 19.0. The number of sulfonamides is 1. The van der Waals surface area contributed by atoms with E-state index in [4.69, 9.17) is 23.2 Å². The van der Waals surface area contributed by atoms with Crippen molar-refractivity contribution in [1.29, 1.82) is 0 Å². The smallest absolute Gasteiger partial charge is 0.241 e. The monoisotopic (exact) mass is 478 g/mol. The summed E-state index contributed by atoms with van der Waals surface area (Å²) < 4.78 is 48.3. The summed E-state index contributed by atoms with van der Waals surface area (Å²) in [7, 11) is -7.10. The van der Waals surface area contributed by atoms with Gasteiger partial charge in [-0.15, -0.1) is 0 Å². The van der Waals surface area contributed by atoms with E-state index in [2.05, 4.69) is 5.32 Å². The minimum Gasteiger partial charge on any atom is -0.348 e. The van der Waals surface area contributed by atoms with E-state index in [-0.39, 0.29) is 20.6 Å². The fraction of sp³-hybridized carbons (Fsp3) is 0.278. The molecule has 0 fully saturated rings. The molecule has 0 aliphatic carbocycles. The summed E-state index contributed by atoms with van der Waals surface area (Å²) in [5, 5.41) is 3.17. The Labute approximate surface area is 180 Å². The molecule has 0 heterocycles. The standard InChI is InChI=1S/C18H20Cl2N2O5S2/c1-12(13-4-6-17(7-5-13)28(2,24)25)21-18(23)11-22(29(3,26)27)16-9-14(19)8-15(20)10-16/h4-10,12H,11H2,1-3H3,(H,21,23). The van der Waals surface area contributed by atoms with Gasteiger partial charge in [0.2, 0.25) is 15.9 Å². The Balaban J connectivity index is 2.18. The van der Waals surface area contributed by atoms with Crippen molar-refractivity contribution in [3.8, 4) is 0 Å². The van der Waals surface area contributed by atoms with E-state index in [0.717, 1.165) is 16.8 Å². The van der Waals surface area contributed by atoms with E-state index in [1.54, 1.807) is 19.1 Å². The molecular weight excluding hydrogens is 459 g/mol. The van der Waals surface area contributed by atoms with Crippen molar-refractivity contribution in [2.75, 3.05) is 23.4 Å². The zero-order chi connectivity index (χ0) is 22.0. The minimum absolute atomic E-state index is 0.167. The molecule has 0 aliphatic heterocycles. The van der Waals surface area contributed by atoms with Crippen LogP contribution in [0.4, 0.5) is 5.69 Å². The van der Waals surface area contributed by atoms with Gasteiger partial charge in [-0.05, 0) is 42.8 Å². The largest absolute Gasteiger partial charge is 0.348 e. The highest BCUT2D eigenvalue weighted by atomic mass is 35.5. The molecule has 2 aromatic carbocycles. The maximum atomic E-state index is 12.5. The van der Waals surface area contributed by atoms with Crippen molar-refractivity contribution in [2.45, 2.75) is 17.9 Å². The van der Waals surface area contributed by atoms with Crippen molar-refractivity contribution < 1.29 is 21.6 Å². The lowest BCUT2D eigenvalue weighted by atomic mass is 10.1. The van der Waals surface area contributed by atoms with Crippen LogP contribution in [-0.2, 0) is 24.7 Å². The van der Waals surface area contributed by atoms with Crippen LogP contribution >= 0.6 is 23.2 Å². The van der Waals surface area contributed by atoms with Gasteiger partial charge in [-0.3, -0.25) is 9.10 Å². The normalized spacial score (nSPS) is 13.0. The van der Waals surface area contributed by atoms with E-state index in [0.29, 0.717) is 5.56 Å². The molecule has 0 aromatic heterocycles. The van der Waals surface area contributed by atoms with Crippen LogP contribution in [0, 0.1) is 0 Å². The maximum Gasteiger partial charge on any atom is 0.241 e. The Bertz CT molecular complexity index is 1100. The van der Waals surface area contributed by atoms with Crippen molar-refractivity contribution in [1.82, 2.24) is 5.32 Å². The zero-order valence-electron chi connectivity index (χ0n) is 15.9. The van der Waals surface area contributed by atoms with Gasteiger partial charge in [0.05, 0.1) is 22.9 Å². The molecule has 1 atom stereocenters. The van der Waals surface area contributed by atoms with Gasteiger partial charge < -0.3 is 5.32 Å². The predicted molar refractivity (Wildman–Crippen MR) is 115 cm³/mol. The van der Waals surface area contributed by atoms with Crippen LogP contribution in [0.15, 0.2) is 47.4 Å². The first kappa shape index (κ1) is 23.5. The summed E-state index contributed by atoms with van der Waals surface area (Å²) in [6.45, 7) is 1.23. The molecule has 29 heavy (non-hydrogen) atoms. The van der Waals surface area contributed by atoms with Crippen LogP contribution in [0.25, 0.3) is 0 Å². The summed E-state index contributed by atoms with van der Waals surface area (Å²) in [6, 6.07) is 9.85. The van der Waals surface area contributed by atoms with Crippen molar-refractivity contribution in [2.24, 2.45) is 0 Å². The van der Waals surface area contributed by atoms with Gasteiger partial charge in [-0.2, -0.15) is 0 Å². The number of anilines is 1. The number of halogens is 2. The number of carbonyl (C=O) groups excluding carboxylic acids is 1. The summed E-state index contributed by atoms with van der Waals surface area (Å²) in [5.74, 6) is -0.550. The third-order valence-electron chi connectivity index (χ3n) is 4.01. The van der Waals surface area contributed by atoms with Crippen molar-refractivity contribution in [3.63, 3.8) is 0 Å². The molecule has 0 spiro atoms. The third kappa shape index (κ3) is 6.60. The molecular formula is C18H20Cl2N2O5S2. The number of hydrogen-bond donors (Lipinski definition) is 1. The summed E-state index contributed by atoms with van der Waals surface area (Å²) in [6.07, 6.45) is 2.08. The fourth-order valence-electron chi connectivity index (χ4n) is 2.59. The lowest BCUT2D eigenvalue weighted by Gasteiger charge is -2.23. The number of sulfone groups is 1. The Morgan fingerprint density at radius 1 is 1.00 bits per heavy atom. The molecule has 7 nitrogen and oxygen atoms in total. The molecule has 0 saturated carbocycles. The first-order valence-corrected chi connectivity index (χ1v) is 12.8. The number of nitrogens with zero attached hydrogens (tertiary/aromatic N) is 1. The van der Waals surface area contributed by atoms with E-state index >= 15 is 0 Å². The lowest BCUT2D eigenvalue weighted by Crippen LogP contribution is -2.41. The molecule has 0 aliphatic rings. The molecule has 2 aromatic rings. The summed E-state index contributed by atoms with van der Waals surface area (Å²) >= 11 is 11.9. The van der Waals surface area contributed by atoms with Gasteiger partial charge >= 0.3 is 0 Å². The third-order valence-corrected chi connectivity index (χ3v) is 6.71. The van der Waals surface area contributed by atoms with Crippen molar-refractivity contribution >= 4 is 54.7 Å². The topological polar surface area (TPSA) is 101 Å². The second kappa shape index (κ2) is 8.91. The molecule has 2 rings (SSSR count). The van der Waals surface area contributed by atoms with E-state index in [9.17, 15) is 21.6 Å². The number of amides is 1. The first-order valence-electron chi connectivity index (χ1n) is 8.30. The summed E-state index contributed by atoms with van der Waals surface area (Å²) in [4.78, 5) is 12.6. The van der Waals surface area contributed by atoms with Crippen LogP contribution < -0.4 is 9.62 Å². The van der Waals surface area contributed by atoms with Crippen LogP contribution in [0.2, 0.25) is 10.0 Å². The quantitative estimate of drug-likeness (QED) is 0.658. The average Bonchev–Trinajstić information content (AvgIpc) is 2.57. The van der Waals surface area contributed by atoms with E-state index < -0.39 is 38.4 Å². The molecule has 158 valence electrons. The van der Waals surface area contributed by atoms with Gasteiger partial charge in [-0.1, -0.05) is 35.3 Å². The molecule has 0 saturated heterocycles. The lowest BCUT2D eigenvalue weighted by molar-refractivity contribution is -0.120. The highest BCUT2D eigenvalue weighted by Gasteiger charge is 2.23. The van der Waals surface area contributed by atoms with Crippen LogP contribution in [0.1, 0.15) is 18.5 Å².